The summed E-state index contributed by atoms with van der Waals surface area (Å²) in [6.45, 7) is 1.77. The lowest BCUT2D eigenvalue weighted by molar-refractivity contribution is -0.144. The molecule has 136 valence electrons. The van der Waals surface area contributed by atoms with Crippen LogP contribution in [-0.4, -0.2) is 29.0 Å². The molecule has 0 heterocycles. The number of phosphoric ester groups is 1. The van der Waals surface area contributed by atoms with Gasteiger partial charge in [-0.05, 0) is 25.7 Å². The molecule has 0 saturated carbocycles. The summed E-state index contributed by atoms with van der Waals surface area (Å²) in [6.07, 6.45) is 14.9. The molecule has 6 nitrogen and oxygen atoms in total. The Labute approximate surface area is 139 Å². The summed E-state index contributed by atoms with van der Waals surface area (Å²) in [7, 11) is -4.47. The summed E-state index contributed by atoms with van der Waals surface area (Å²) in [4.78, 5) is 28.2. The summed E-state index contributed by atoms with van der Waals surface area (Å²) < 4.78 is 19.4. The number of ether oxygens (including phenoxy) is 1. The maximum atomic E-state index is 11.3. The van der Waals surface area contributed by atoms with Crippen LogP contribution in [0.5, 0.6) is 0 Å². The van der Waals surface area contributed by atoms with Gasteiger partial charge in [-0.1, -0.05) is 51.2 Å². The average molecular weight is 350 g/mol. The maximum absolute atomic E-state index is 11.3. The van der Waals surface area contributed by atoms with E-state index in [-0.39, 0.29) is 19.2 Å². The van der Waals surface area contributed by atoms with Crippen molar-refractivity contribution in [2.45, 2.75) is 71.1 Å². The fourth-order valence-corrected chi connectivity index (χ4v) is 2.32. The predicted octanol–water partition coefficient (Wildman–Crippen LogP) is 4.12. The van der Waals surface area contributed by atoms with E-state index in [2.05, 4.69) is 23.6 Å². The number of hydrogen-bond donors (Lipinski definition) is 2. The minimum Gasteiger partial charge on any atom is -0.463 e. The lowest BCUT2D eigenvalue weighted by Gasteiger charge is -2.06. The molecular formula is C16H31O6P. The smallest absolute Gasteiger partial charge is 0.463 e. The number of allylic oxidation sites excluding steroid dienone is 2. The molecule has 0 rings (SSSR count). The normalized spacial score (nSPS) is 12.0. The Balaban J connectivity index is 3.29. The first kappa shape index (κ1) is 22.3. The van der Waals surface area contributed by atoms with Gasteiger partial charge in [0.2, 0.25) is 0 Å². The van der Waals surface area contributed by atoms with Crippen LogP contribution in [0.2, 0.25) is 0 Å². The molecule has 0 aliphatic heterocycles. The maximum Gasteiger partial charge on any atom is 0.469 e. The topological polar surface area (TPSA) is 93.1 Å². The summed E-state index contributed by atoms with van der Waals surface area (Å²) in [5.41, 5.74) is 0. The van der Waals surface area contributed by atoms with Gasteiger partial charge < -0.3 is 14.5 Å². The average Bonchev–Trinajstić information content (AvgIpc) is 2.48. The minimum absolute atomic E-state index is 0.131. The van der Waals surface area contributed by atoms with Crippen molar-refractivity contribution < 1.29 is 28.4 Å². The van der Waals surface area contributed by atoms with Crippen LogP contribution in [0.1, 0.15) is 71.1 Å². The zero-order valence-corrected chi connectivity index (χ0v) is 15.0. The van der Waals surface area contributed by atoms with Crippen LogP contribution >= 0.6 is 7.82 Å². The van der Waals surface area contributed by atoms with Crippen molar-refractivity contribution in [3.63, 3.8) is 0 Å². The fourth-order valence-electron chi connectivity index (χ4n) is 2.00. The first-order valence-corrected chi connectivity index (χ1v) is 9.99. The van der Waals surface area contributed by atoms with Crippen LogP contribution in [0.15, 0.2) is 12.2 Å². The Morgan fingerprint density at radius 2 is 1.57 bits per heavy atom. The zero-order valence-electron chi connectivity index (χ0n) is 14.1. The van der Waals surface area contributed by atoms with E-state index in [0.717, 1.165) is 25.7 Å². The molecule has 0 aliphatic rings. The number of carbonyl (C=O) groups is 1. The summed E-state index contributed by atoms with van der Waals surface area (Å²) in [6, 6.07) is 0. The number of rotatable bonds is 15. The molecule has 0 amide bonds. The molecular weight excluding hydrogens is 319 g/mol. The Hall–Kier alpha value is -0.680. The highest BCUT2D eigenvalue weighted by molar-refractivity contribution is 7.46. The number of carbonyl (C=O) groups excluding carboxylic acids is 1. The third-order valence-corrected chi connectivity index (χ3v) is 3.77. The van der Waals surface area contributed by atoms with Crippen molar-refractivity contribution in [2.75, 3.05) is 13.2 Å². The van der Waals surface area contributed by atoms with E-state index >= 15 is 0 Å². The zero-order chi connectivity index (χ0) is 17.4. The van der Waals surface area contributed by atoms with E-state index in [1.807, 2.05) is 0 Å². The van der Waals surface area contributed by atoms with Crippen molar-refractivity contribution in [1.29, 1.82) is 0 Å². The number of phosphoric acid groups is 1. The van der Waals surface area contributed by atoms with Crippen molar-refractivity contribution in [3.8, 4) is 0 Å². The quantitative estimate of drug-likeness (QED) is 0.200. The molecule has 0 aromatic rings. The molecule has 0 fully saturated rings. The van der Waals surface area contributed by atoms with E-state index < -0.39 is 7.82 Å². The molecule has 0 aliphatic carbocycles. The SMILES string of the molecule is CCCC/C=C\CCCCCCCC(=O)OCCOP(=O)(O)O. The largest absolute Gasteiger partial charge is 0.469 e. The summed E-state index contributed by atoms with van der Waals surface area (Å²) in [5, 5.41) is 0. The third kappa shape index (κ3) is 19.3. The van der Waals surface area contributed by atoms with Gasteiger partial charge in [-0.2, -0.15) is 0 Å². The fraction of sp³-hybridized carbons (Fsp3) is 0.812. The Bertz CT molecular complexity index is 364. The predicted molar refractivity (Wildman–Crippen MR) is 89.9 cm³/mol. The van der Waals surface area contributed by atoms with Crippen molar-refractivity contribution in [2.24, 2.45) is 0 Å². The summed E-state index contributed by atoms with van der Waals surface area (Å²) >= 11 is 0. The van der Waals surface area contributed by atoms with Crippen LogP contribution in [0, 0.1) is 0 Å². The number of esters is 1. The van der Waals surface area contributed by atoms with Crippen LogP contribution in [0.25, 0.3) is 0 Å². The van der Waals surface area contributed by atoms with Gasteiger partial charge >= 0.3 is 13.8 Å². The minimum atomic E-state index is -4.47. The molecule has 0 aromatic heterocycles. The van der Waals surface area contributed by atoms with Gasteiger partial charge in [0, 0.05) is 6.42 Å². The summed E-state index contributed by atoms with van der Waals surface area (Å²) in [5.74, 6) is -0.349. The lowest BCUT2D eigenvalue weighted by Crippen LogP contribution is -2.09. The van der Waals surface area contributed by atoms with Crippen molar-refractivity contribution in [3.05, 3.63) is 12.2 Å². The first-order chi connectivity index (χ1) is 11.0. The third-order valence-electron chi connectivity index (χ3n) is 3.25. The monoisotopic (exact) mass is 350 g/mol. The Kier molecular flexibility index (Phi) is 14.4. The molecule has 0 aromatic carbocycles. The van der Waals surface area contributed by atoms with Crippen molar-refractivity contribution >= 4 is 13.8 Å². The second kappa shape index (κ2) is 14.9. The Morgan fingerprint density at radius 1 is 0.957 bits per heavy atom. The van der Waals surface area contributed by atoms with Gasteiger partial charge in [-0.3, -0.25) is 9.32 Å². The highest BCUT2D eigenvalue weighted by Crippen LogP contribution is 2.35. The van der Waals surface area contributed by atoms with Gasteiger partial charge in [-0.25, -0.2) is 4.57 Å². The van der Waals surface area contributed by atoms with Gasteiger partial charge in [0.15, 0.2) is 0 Å². The number of unbranched alkanes of at least 4 members (excludes halogenated alkanes) is 7. The van der Waals surface area contributed by atoms with Crippen LogP contribution in [0.3, 0.4) is 0 Å². The molecule has 0 saturated heterocycles. The van der Waals surface area contributed by atoms with Gasteiger partial charge in [0.05, 0.1) is 6.61 Å². The second-order valence-corrected chi connectivity index (χ2v) is 6.70. The highest BCUT2D eigenvalue weighted by atomic mass is 31.2. The molecule has 2 N–H and O–H groups in total. The van der Waals surface area contributed by atoms with E-state index in [0.29, 0.717) is 6.42 Å². The van der Waals surface area contributed by atoms with Crippen LogP contribution < -0.4 is 0 Å². The van der Waals surface area contributed by atoms with Gasteiger partial charge in [0.25, 0.3) is 0 Å². The second-order valence-electron chi connectivity index (χ2n) is 5.46. The molecule has 7 heteroatoms. The van der Waals surface area contributed by atoms with E-state index in [1.54, 1.807) is 0 Å². The van der Waals surface area contributed by atoms with Gasteiger partial charge in [0.1, 0.15) is 6.61 Å². The highest BCUT2D eigenvalue weighted by Gasteiger charge is 2.13. The lowest BCUT2D eigenvalue weighted by atomic mass is 10.1. The first-order valence-electron chi connectivity index (χ1n) is 8.46. The van der Waals surface area contributed by atoms with E-state index in [4.69, 9.17) is 14.5 Å². The molecule has 0 unspecified atom stereocenters. The van der Waals surface area contributed by atoms with E-state index in [1.165, 1.54) is 32.1 Å². The molecule has 0 radical (unpaired) electrons. The number of hydrogen-bond acceptors (Lipinski definition) is 4. The molecule has 23 heavy (non-hydrogen) atoms. The van der Waals surface area contributed by atoms with Crippen LogP contribution in [-0.2, 0) is 18.6 Å². The standard InChI is InChI=1S/C16H31O6P/c1-2-3-4-5-6-7-8-9-10-11-12-13-16(17)21-14-15-22-23(18,19)20/h5-6H,2-4,7-15H2,1H3,(H2,18,19,20)/b6-5-. The molecule has 0 spiro atoms. The van der Waals surface area contributed by atoms with Crippen LogP contribution in [0.4, 0.5) is 0 Å². The molecule has 0 bridgehead atoms. The van der Waals surface area contributed by atoms with Crippen molar-refractivity contribution in [1.82, 2.24) is 0 Å². The Morgan fingerprint density at radius 3 is 2.22 bits per heavy atom. The molecule has 0 atom stereocenters. The van der Waals surface area contributed by atoms with Gasteiger partial charge in [-0.15, -0.1) is 0 Å². The van der Waals surface area contributed by atoms with E-state index in [9.17, 15) is 9.36 Å².